The third-order valence-electron chi connectivity index (χ3n) is 1.66. The van der Waals surface area contributed by atoms with Crippen molar-refractivity contribution in [2.24, 2.45) is 0 Å². The molecule has 0 saturated heterocycles. The molecule has 0 atom stereocenters. The molecule has 3 nitrogen and oxygen atoms in total. The standard InChI is InChI=1S/C9H8F3NO2/c1-15-5-8(14)6-2-7(4-13-3-6)9(10,11)12/h2-4H,5H2,1H3. The number of rotatable bonds is 3. The van der Waals surface area contributed by atoms with Crippen molar-refractivity contribution < 1.29 is 22.7 Å². The topological polar surface area (TPSA) is 39.2 Å². The Morgan fingerprint density at radius 3 is 2.67 bits per heavy atom. The van der Waals surface area contributed by atoms with Gasteiger partial charge >= 0.3 is 6.18 Å². The fourth-order valence-corrected chi connectivity index (χ4v) is 0.962. The first-order valence-electron chi connectivity index (χ1n) is 3.99. The number of pyridine rings is 1. The van der Waals surface area contributed by atoms with E-state index < -0.39 is 17.5 Å². The van der Waals surface area contributed by atoms with Crippen LogP contribution in [0.15, 0.2) is 18.5 Å². The Bertz CT molecular complexity index is 363. The maximum absolute atomic E-state index is 12.2. The lowest BCUT2D eigenvalue weighted by molar-refractivity contribution is -0.137. The molecule has 6 heteroatoms. The molecule has 15 heavy (non-hydrogen) atoms. The number of hydrogen-bond acceptors (Lipinski definition) is 3. The smallest absolute Gasteiger partial charge is 0.377 e. The molecule has 0 bridgehead atoms. The summed E-state index contributed by atoms with van der Waals surface area (Å²) in [5.41, 5.74) is -1.05. The maximum Gasteiger partial charge on any atom is 0.417 e. The van der Waals surface area contributed by atoms with E-state index in [0.717, 1.165) is 12.3 Å². The van der Waals surface area contributed by atoms with Gasteiger partial charge in [-0.25, -0.2) is 0 Å². The monoisotopic (exact) mass is 219 g/mol. The van der Waals surface area contributed by atoms with Crippen LogP contribution in [0.1, 0.15) is 15.9 Å². The average molecular weight is 219 g/mol. The van der Waals surface area contributed by atoms with Crippen LogP contribution < -0.4 is 0 Å². The van der Waals surface area contributed by atoms with Crippen molar-refractivity contribution in [1.29, 1.82) is 0 Å². The fourth-order valence-electron chi connectivity index (χ4n) is 0.962. The Kier molecular flexibility index (Phi) is 3.41. The molecule has 1 heterocycles. The van der Waals surface area contributed by atoms with Crippen LogP contribution in [0.5, 0.6) is 0 Å². The van der Waals surface area contributed by atoms with E-state index in [1.54, 1.807) is 0 Å². The van der Waals surface area contributed by atoms with Gasteiger partial charge < -0.3 is 4.74 Å². The highest BCUT2D eigenvalue weighted by atomic mass is 19.4. The quantitative estimate of drug-likeness (QED) is 0.729. The van der Waals surface area contributed by atoms with Crippen LogP contribution in [0, 0.1) is 0 Å². The fraction of sp³-hybridized carbons (Fsp3) is 0.333. The van der Waals surface area contributed by atoms with Gasteiger partial charge in [-0.1, -0.05) is 0 Å². The zero-order valence-corrected chi connectivity index (χ0v) is 7.84. The van der Waals surface area contributed by atoms with Gasteiger partial charge in [-0.15, -0.1) is 0 Å². The zero-order chi connectivity index (χ0) is 11.5. The minimum atomic E-state index is -4.49. The molecule has 0 aliphatic carbocycles. The second-order valence-electron chi connectivity index (χ2n) is 2.82. The van der Waals surface area contributed by atoms with E-state index in [4.69, 9.17) is 0 Å². The average Bonchev–Trinajstić information content (AvgIpc) is 2.17. The Morgan fingerprint density at radius 2 is 2.13 bits per heavy atom. The number of alkyl halides is 3. The molecular weight excluding hydrogens is 211 g/mol. The van der Waals surface area contributed by atoms with Gasteiger partial charge in [0.25, 0.3) is 0 Å². The molecule has 1 aromatic rings. The van der Waals surface area contributed by atoms with Crippen LogP contribution in [-0.4, -0.2) is 24.5 Å². The molecule has 0 saturated carbocycles. The molecule has 0 radical (unpaired) electrons. The number of methoxy groups -OCH3 is 1. The summed E-state index contributed by atoms with van der Waals surface area (Å²) in [6.45, 7) is -0.261. The Labute approximate surface area is 83.9 Å². The number of hydrogen-bond donors (Lipinski definition) is 0. The van der Waals surface area contributed by atoms with E-state index in [9.17, 15) is 18.0 Å². The van der Waals surface area contributed by atoms with E-state index >= 15 is 0 Å². The van der Waals surface area contributed by atoms with Crippen molar-refractivity contribution >= 4 is 5.78 Å². The molecule has 1 rings (SSSR count). The van der Waals surface area contributed by atoms with Crippen molar-refractivity contribution in [1.82, 2.24) is 4.98 Å². The minimum absolute atomic E-state index is 0.105. The van der Waals surface area contributed by atoms with Gasteiger partial charge in [-0.3, -0.25) is 9.78 Å². The highest BCUT2D eigenvalue weighted by Crippen LogP contribution is 2.28. The Hall–Kier alpha value is -1.43. The Morgan fingerprint density at radius 1 is 1.47 bits per heavy atom. The molecule has 0 spiro atoms. The second kappa shape index (κ2) is 4.39. The first kappa shape index (κ1) is 11.6. The molecule has 1 aromatic heterocycles. The van der Waals surface area contributed by atoms with Gasteiger partial charge in [0.05, 0.1) is 5.56 Å². The van der Waals surface area contributed by atoms with Gasteiger partial charge in [0, 0.05) is 25.1 Å². The Balaban J connectivity index is 2.98. The first-order valence-corrected chi connectivity index (χ1v) is 3.99. The highest BCUT2D eigenvalue weighted by molar-refractivity contribution is 5.96. The van der Waals surface area contributed by atoms with Crippen LogP contribution in [0.3, 0.4) is 0 Å². The SMILES string of the molecule is COCC(=O)c1cncc(C(F)(F)F)c1. The third kappa shape index (κ3) is 3.02. The molecule has 0 aromatic carbocycles. The molecule has 0 amide bonds. The van der Waals surface area contributed by atoms with Crippen molar-refractivity contribution in [3.8, 4) is 0 Å². The summed E-state index contributed by atoms with van der Waals surface area (Å²) >= 11 is 0. The summed E-state index contributed by atoms with van der Waals surface area (Å²) in [4.78, 5) is 14.5. The first-order chi connectivity index (χ1) is 6.95. The van der Waals surface area contributed by atoms with Gasteiger partial charge in [0.15, 0.2) is 5.78 Å². The summed E-state index contributed by atoms with van der Waals surface area (Å²) in [5.74, 6) is -0.531. The van der Waals surface area contributed by atoms with E-state index in [2.05, 4.69) is 9.72 Å². The van der Waals surface area contributed by atoms with Gasteiger partial charge in [-0.2, -0.15) is 13.2 Å². The van der Waals surface area contributed by atoms with E-state index in [-0.39, 0.29) is 12.2 Å². The molecule has 0 N–H and O–H groups in total. The summed E-state index contributed by atoms with van der Waals surface area (Å²) in [6.07, 6.45) is -2.74. The van der Waals surface area contributed by atoms with Crippen LogP contribution in [-0.2, 0) is 10.9 Å². The van der Waals surface area contributed by atoms with Crippen molar-refractivity contribution in [3.63, 3.8) is 0 Å². The van der Waals surface area contributed by atoms with E-state index in [0.29, 0.717) is 6.20 Å². The molecule has 0 aliphatic heterocycles. The predicted octanol–water partition coefficient (Wildman–Crippen LogP) is 1.93. The van der Waals surface area contributed by atoms with E-state index in [1.165, 1.54) is 7.11 Å². The summed E-state index contributed by atoms with van der Waals surface area (Å²) < 4.78 is 41.2. The number of ketones is 1. The predicted molar refractivity (Wildman–Crippen MR) is 45.4 cm³/mol. The zero-order valence-electron chi connectivity index (χ0n) is 7.84. The normalized spacial score (nSPS) is 11.5. The van der Waals surface area contributed by atoms with Crippen molar-refractivity contribution in [2.45, 2.75) is 6.18 Å². The third-order valence-corrected chi connectivity index (χ3v) is 1.66. The van der Waals surface area contributed by atoms with E-state index in [1.807, 2.05) is 0 Å². The largest absolute Gasteiger partial charge is 0.417 e. The number of carbonyl (C=O) groups excluding carboxylic acids is 1. The lowest BCUT2D eigenvalue weighted by Gasteiger charge is -2.06. The number of carbonyl (C=O) groups is 1. The molecule has 0 fully saturated rings. The van der Waals surface area contributed by atoms with Crippen LogP contribution >= 0.6 is 0 Å². The number of Topliss-reactive ketones (excluding diaryl/α,β-unsaturated/α-hetero) is 1. The van der Waals surface area contributed by atoms with Crippen LogP contribution in [0.2, 0.25) is 0 Å². The summed E-state index contributed by atoms with van der Waals surface area (Å²) in [7, 11) is 1.29. The highest BCUT2D eigenvalue weighted by Gasteiger charge is 2.31. The summed E-state index contributed by atoms with van der Waals surface area (Å²) in [5, 5.41) is 0. The number of ether oxygens (including phenoxy) is 1. The van der Waals surface area contributed by atoms with Gasteiger partial charge in [0.2, 0.25) is 0 Å². The van der Waals surface area contributed by atoms with Gasteiger partial charge in [0.1, 0.15) is 6.61 Å². The maximum atomic E-state index is 12.2. The lowest BCUT2D eigenvalue weighted by Crippen LogP contribution is -2.11. The lowest BCUT2D eigenvalue weighted by atomic mass is 10.1. The van der Waals surface area contributed by atoms with Crippen LogP contribution in [0.25, 0.3) is 0 Å². The molecule has 82 valence electrons. The molecular formula is C9H8F3NO2. The van der Waals surface area contributed by atoms with Crippen molar-refractivity contribution in [2.75, 3.05) is 13.7 Å². The minimum Gasteiger partial charge on any atom is -0.377 e. The van der Waals surface area contributed by atoms with Crippen LogP contribution in [0.4, 0.5) is 13.2 Å². The number of nitrogens with zero attached hydrogens (tertiary/aromatic N) is 1. The second-order valence-corrected chi connectivity index (χ2v) is 2.82. The van der Waals surface area contributed by atoms with Crippen molar-refractivity contribution in [3.05, 3.63) is 29.6 Å². The molecule has 0 unspecified atom stereocenters. The van der Waals surface area contributed by atoms with Gasteiger partial charge in [-0.05, 0) is 6.07 Å². The summed E-state index contributed by atoms with van der Waals surface area (Å²) in [6, 6.07) is 0.758. The molecule has 0 aliphatic rings. The number of halogens is 3. The number of aromatic nitrogens is 1.